The second kappa shape index (κ2) is 6.93. The normalized spacial score (nSPS) is 10.3. The van der Waals surface area contributed by atoms with E-state index in [1.165, 1.54) is 13.2 Å². The molecule has 0 spiro atoms. The fourth-order valence-electron chi connectivity index (χ4n) is 1.61. The molecule has 0 saturated carbocycles. The number of ether oxygens (including phenoxy) is 1. The van der Waals surface area contributed by atoms with Crippen molar-refractivity contribution in [3.63, 3.8) is 0 Å². The van der Waals surface area contributed by atoms with Gasteiger partial charge in [0.25, 0.3) is 0 Å². The molecular weight excluding hydrogens is 337 g/mol. The van der Waals surface area contributed by atoms with Crippen LogP contribution in [0.2, 0.25) is 15.2 Å². The highest BCUT2D eigenvalue weighted by atomic mass is 35.5. The Bertz CT molecular complexity index is 680. The van der Waals surface area contributed by atoms with Crippen LogP contribution < -0.4 is 5.32 Å². The van der Waals surface area contributed by atoms with Crippen LogP contribution in [0.5, 0.6) is 0 Å². The van der Waals surface area contributed by atoms with Gasteiger partial charge in [0, 0.05) is 22.7 Å². The van der Waals surface area contributed by atoms with E-state index in [0.29, 0.717) is 22.3 Å². The number of halogens is 3. The number of hydrogen-bond donors (Lipinski definition) is 1. The summed E-state index contributed by atoms with van der Waals surface area (Å²) in [6.07, 6.45) is 0. The van der Waals surface area contributed by atoms with Crippen LogP contribution in [-0.2, 0) is 11.3 Å². The average molecular weight is 347 g/mol. The summed E-state index contributed by atoms with van der Waals surface area (Å²) in [7, 11) is 1.26. The Morgan fingerprint density at radius 3 is 2.67 bits per heavy atom. The van der Waals surface area contributed by atoms with Crippen molar-refractivity contribution in [1.82, 2.24) is 10.2 Å². The van der Waals surface area contributed by atoms with Gasteiger partial charge in [0.2, 0.25) is 0 Å². The Hall–Kier alpha value is -1.56. The minimum atomic E-state index is -0.608. The Kier molecular flexibility index (Phi) is 5.22. The monoisotopic (exact) mass is 345 g/mol. The molecule has 1 heterocycles. The third-order valence-electron chi connectivity index (χ3n) is 2.63. The van der Waals surface area contributed by atoms with Gasteiger partial charge in [-0.15, -0.1) is 10.2 Å². The lowest BCUT2D eigenvalue weighted by Gasteiger charge is -2.11. The van der Waals surface area contributed by atoms with Gasteiger partial charge in [-0.25, -0.2) is 4.79 Å². The first-order chi connectivity index (χ1) is 10.0. The number of rotatable bonds is 4. The number of benzene rings is 1. The quantitative estimate of drug-likeness (QED) is 0.852. The molecule has 1 aromatic heterocycles. The van der Waals surface area contributed by atoms with Crippen molar-refractivity contribution in [3.05, 3.63) is 50.7 Å². The number of carbonyl (C=O) groups is 1. The van der Waals surface area contributed by atoms with Gasteiger partial charge in [-0.3, -0.25) is 0 Å². The molecular formula is C13H10Cl3N3O2. The first-order valence-electron chi connectivity index (χ1n) is 5.80. The highest BCUT2D eigenvalue weighted by Gasteiger charge is 2.15. The Morgan fingerprint density at radius 1 is 1.24 bits per heavy atom. The number of hydrogen-bond acceptors (Lipinski definition) is 5. The van der Waals surface area contributed by atoms with Crippen molar-refractivity contribution in [3.8, 4) is 0 Å². The number of esters is 1. The van der Waals surface area contributed by atoms with Gasteiger partial charge in [0.1, 0.15) is 0 Å². The molecule has 1 aromatic carbocycles. The van der Waals surface area contributed by atoms with Gasteiger partial charge >= 0.3 is 5.97 Å². The Morgan fingerprint density at radius 2 is 2.00 bits per heavy atom. The SMILES string of the molecule is COC(=O)c1nnc(Cl)cc1NCc1ccc(Cl)cc1Cl. The molecule has 2 rings (SSSR count). The predicted octanol–water partition coefficient (Wildman–Crippen LogP) is 3.84. The van der Waals surface area contributed by atoms with Crippen molar-refractivity contribution < 1.29 is 9.53 Å². The lowest BCUT2D eigenvalue weighted by Crippen LogP contribution is -2.11. The third-order valence-corrected chi connectivity index (χ3v) is 3.40. The molecule has 0 fully saturated rings. The maximum atomic E-state index is 11.6. The van der Waals surface area contributed by atoms with Crippen LogP contribution in [0.3, 0.4) is 0 Å². The molecule has 1 N–H and O–H groups in total. The van der Waals surface area contributed by atoms with Crippen LogP contribution in [0, 0.1) is 0 Å². The third kappa shape index (κ3) is 3.97. The summed E-state index contributed by atoms with van der Waals surface area (Å²) in [5.74, 6) is -0.608. The molecule has 2 aromatic rings. The number of nitrogens with one attached hydrogen (secondary N) is 1. The van der Waals surface area contributed by atoms with Crippen LogP contribution in [-0.4, -0.2) is 23.3 Å². The van der Waals surface area contributed by atoms with Crippen LogP contribution in [0.1, 0.15) is 16.1 Å². The molecule has 110 valence electrons. The number of anilines is 1. The van der Waals surface area contributed by atoms with Gasteiger partial charge in [-0.05, 0) is 17.7 Å². The lowest BCUT2D eigenvalue weighted by atomic mass is 10.2. The maximum absolute atomic E-state index is 11.6. The van der Waals surface area contributed by atoms with Gasteiger partial charge < -0.3 is 10.1 Å². The van der Waals surface area contributed by atoms with E-state index in [4.69, 9.17) is 34.8 Å². The highest BCUT2D eigenvalue weighted by molar-refractivity contribution is 6.35. The Labute approximate surface area is 136 Å². The molecule has 0 amide bonds. The second-order valence-corrected chi connectivity index (χ2v) is 5.24. The fourth-order valence-corrected chi connectivity index (χ4v) is 2.23. The smallest absolute Gasteiger partial charge is 0.360 e. The zero-order valence-electron chi connectivity index (χ0n) is 10.9. The fraction of sp³-hybridized carbons (Fsp3) is 0.154. The van der Waals surface area contributed by atoms with Crippen LogP contribution in [0.4, 0.5) is 5.69 Å². The summed E-state index contributed by atoms with van der Waals surface area (Å²) >= 11 is 17.7. The molecule has 0 atom stereocenters. The molecule has 0 radical (unpaired) electrons. The molecule has 0 aliphatic rings. The van der Waals surface area contributed by atoms with Crippen molar-refractivity contribution in [2.24, 2.45) is 0 Å². The summed E-state index contributed by atoms with van der Waals surface area (Å²) in [6.45, 7) is 0.363. The molecule has 21 heavy (non-hydrogen) atoms. The zero-order valence-corrected chi connectivity index (χ0v) is 13.1. The topological polar surface area (TPSA) is 64.1 Å². The van der Waals surface area contributed by atoms with Crippen molar-refractivity contribution in [2.75, 3.05) is 12.4 Å². The van der Waals surface area contributed by atoms with E-state index in [1.54, 1.807) is 18.2 Å². The zero-order chi connectivity index (χ0) is 15.4. The van der Waals surface area contributed by atoms with Crippen LogP contribution >= 0.6 is 34.8 Å². The summed E-state index contributed by atoms with van der Waals surface area (Å²) in [5, 5.41) is 11.6. The van der Waals surface area contributed by atoms with Crippen LogP contribution in [0.15, 0.2) is 24.3 Å². The first kappa shape index (κ1) is 15.8. The first-order valence-corrected chi connectivity index (χ1v) is 6.94. The van der Waals surface area contributed by atoms with Gasteiger partial charge in [0.15, 0.2) is 10.8 Å². The molecule has 0 saturated heterocycles. The lowest BCUT2D eigenvalue weighted by molar-refractivity contribution is 0.0594. The molecule has 0 unspecified atom stereocenters. The van der Waals surface area contributed by atoms with E-state index >= 15 is 0 Å². The minimum absolute atomic E-state index is 0.0481. The molecule has 8 heteroatoms. The molecule has 0 aliphatic heterocycles. The number of nitrogens with zero attached hydrogens (tertiary/aromatic N) is 2. The molecule has 0 bridgehead atoms. The molecule has 5 nitrogen and oxygen atoms in total. The van der Waals surface area contributed by atoms with E-state index in [-0.39, 0.29) is 10.8 Å². The van der Waals surface area contributed by atoms with Gasteiger partial charge in [0.05, 0.1) is 12.8 Å². The van der Waals surface area contributed by atoms with Crippen LogP contribution in [0.25, 0.3) is 0 Å². The second-order valence-electron chi connectivity index (χ2n) is 4.01. The van der Waals surface area contributed by atoms with Gasteiger partial charge in [-0.1, -0.05) is 40.9 Å². The predicted molar refractivity (Wildman–Crippen MR) is 82.2 cm³/mol. The number of aromatic nitrogens is 2. The van der Waals surface area contributed by atoms with E-state index in [2.05, 4.69) is 20.3 Å². The van der Waals surface area contributed by atoms with E-state index < -0.39 is 5.97 Å². The van der Waals surface area contributed by atoms with Gasteiger partial charge in [-0.2, -0.15) is 0 Å². The van der Waals surface area contributed by atoms with Crippen molar-refractivity contribution in [2.45, 2.75) is 6.54 Å². The summed E-state index contributed by atoms with van der Waals surface area (Å²) in [4.78, 5) is 11.6. The summed E-state index contributed by atoms with van der Waals surface area (Å²) in [6, 6.07) is 6.64. The van der Waals surface area contributed by atoms with Crippen molar-refractivity contribution >= 4 is 46.5 Å². The largest absolute Gasteiger partial charge is 0.464 e. The highest BCUT2D eigenvalue weighted by Crippen LogP contribution is 2.23. The summed E-state index contributed by atoms with van der Waals surface area (Å²) < 4.78 is 4.64. The average Bonchev–Trinajstić information content (AvgIpc) is 2.45. The maximum Gasteiger partial charge on any atom is 0.360 e. The van der Waals surface area contributed by atoms with E-state index in [1.807, 2.05) is 0 Å². The minimum Gasteiger partial charge on any atom is -0.464 e. The Balaban J connectivity index is 2.23. The van der Waals surface area contributed by atoms with Crippen molar-refractivity contribution in [1.29, 1.82) is 0 Å². The number of carbonyl (C=O) groups excluding carboxylic acids is 1. The molecule has 0 aliphatic carbocycles. The van der Waals surface area contributed by atoms with E-state index in [0.717, 1.165) is 5.56 Å². The summed E-state index contributed by atoms with van der Waals surface area (Å²) in [5.41, 5.74) is 1.27. The van der Waals surface area contributed by atoms with E-state index in [9.17, 15) is 4.79 Å². The standard InChI is InChI=1S/C13H10Cl3N3O2/c1-21-13(20)12-10(5-11(16)18-19-12)17-6-7-2-3-8(14)4-9(7)15/h2-5H,6H2,1H3,(H,17,18). The number of methoxy groups -OCH3 is 1.